The highest BCUT2D eigenvalue weighted by Gasteiger charge is 2.39. The number of benzene rings is 1. The lowest BCUT2D eigenvalue weighted by atomic mass is 10.1. The number of ether oxygens (including phenoxy) is 4. The largest absolute Gasteiger partial charge is 0.419 e. The Labute approximate surface area is 134 Å². The van der Waals surface area contributed by atoms with Crippen molar-refractivity contribution in [2.24, 2.45) is 0 Å². The lowest BCUT2D eigenvalue weighted by molar-refractivity contribution is -0.222. The van der Waals surface area contributed by atoms with Gasteiger partial charge in [-0.2, -0.15) is 0 Å². The van der Waals surface area contributed by atoms with Crippen LogP contribution in [0.2, 0.25) is 0 Å². The van der Waals surface area contributed by atoms with Crippen molar-refractivity contribution < 1.29 is 28.5 Å². The van der Waals surface area contributed by atoms with E-state index in [9.17, 15) is 9.59 Å². The number of esters is 2. The predicted molar refractivity (Wildman–Crippen MR) is 81.2 cm³/mol. The number of anilines is 1. The highest BCUT2D eigenvalue weighted by atomic mass is 16.7. The average molecular weight is 321 g/mol. The molecule has 1 aromatic rings. The van der Waals surface area contributed by atoms with Gasteiger partial charge in [-0.15, -0.1) is 0 Å². The molecule has 0 bridgehead atoms. The maximum atomic E-state index is 11.9. The second kappa shape index (κ2) is 6.80. The van der Waals surface area contributed by atoms with Gasteiger partial charge in [0.25, 0.3) is 5.79 Å². The van der Waals surface area contributed by atoms with Crippen LogP contribution in [0.25, 0.3) is 0 Å². The van der Waals surface area contributed by atoms with Crippen molar-refractivity contribution in [3.05, 3.63) is 41.6 Å². The first kappa shape index (κ1) is 17.0. The summed E-state index contributed by atoms with van der Waals surface area (Å²) in [6.45, 7) is 2.98. The summed E-state index contributed by atoms with van der Waals surface area (Å²) in [6, 6.07) is 7.19. The molecule has 1 heterocycles. The van der Waals surface area contributed by atoms with Gasteiger partial charge in [-0.3, -0.25) is 0 Å². The van der Waals surface area contributed by atoms with Crippen molar-refractivity contribution in [3.63, 3.8) is 0 Å². The van der Waals surface area contributed by atoms with E-state index in [1.54, 1.807) is 18.2 Å². The molecule has 23 heavy (non-hydrogen) atoms. The van der Waals surface area contributed by atoms with E-state index < -0.39 is 24.0 Å². The Bertz CT molecular complexity index is 611. The molecule has 1 N–H and O–H groups in total. The Balaban J connectivity index is 2.24. The number of nitrogens with one attached hydrogen (secondary N) is 1. The van der Waals surface area contributed by atoms with Crippen LogP contribution in [0.15, 0.2) is 36.0 Å². The molecule has 1 aliphatic rings. The first-order valence-corrected chi connectivity index (χ1v) is 6.96. The zero-order chi connectivity index (χ0) is 17.0. The van der Waals surface area contributed by atoms with Crippen molar-refractivity contribution in [1.29, 1.82) is 0 Å². The lowest BCUT2D eigenvalue weighted by Crippen LogP contribution is -2.42. The smallest absolute Gasteiger partial charge is 0.350 e. The molecule has 0 atom stereocenters. The van der Waals surface area contributed by atoms with Gasteiger partial charge in [0.2, 0.25) is 0 Å². The number of carbonyl (C=O) groups excluding carboxylic acids is 2. The second-order valence-corrected chi connectivity index (χ2v) is 5.27. The third-order valence-electron chi connectivity index (χ3n) is 3.13. The second-order valence-electron chi connectivity index (χ2n) is 5.27. The topological polar surface area (TPSA) is 83.1 Å². The molecule has 0 spiro atoms. The summed E-state index contributed by atoms with van der Waals surface area (Å²) in [5.41, 5.74) is 1.12. The van der Waals surface area contributed by atoms with Gasteiger partial charge in [0.15, 0.2) is 11.9 Å². The molecular formula is C16H19NO6. The molecule has 0 saturated carbocycles. The Morgan fingerprint density at radius 3 is 2.22 bits per heavy atom. The molecule has 1 aromatic carbocycles. The van der Waals surface area contributed by atoms with E-state index in [1.807, 2.05) is 6.07 Å². The van der Waals surface area contributed by atoms with Gasteiger partial charge in [-0.25, -0.2) is 9.59 Å². The van der Waals surface area contributed by atoms with E-state index in [1.165, 1.54) is 34.3 Å². The molecule has 0 radical (unpaired) electrons. The molecule has 1 fully saturated rings. The molecule has 0 aromatic heterocycles. The summed E-state index contributed by atoms with van der Waals surface area (Å²) in [7, 11) is 3.03. The zero-order valence-corrected chi connectivity index (χ0v) is 13.4. The SMILES string of the molecule is COC(OC)c1ccccc1NC=C1C(=O)OC(C)(C)OC1=O. The van der Waals surface area contributed by atoms with Crippen LogP contribution < -0.4 is 5.32 Å². The molecule has 0 amide bonds. The van der Waals surface area contributed by atoms with Crippen LogP contribution in [0.1, 0.15) is 25.7 Å². The maximum absolute atomic E-state index is 11.9. The molecule has 7 heteroatoms. The fourth-order valence-electron chi connectivity index (χ4n) is 2.11. The number of carbonyl (C=O) groups is 2. The van der Waals surface area contributed by atoms with Gasteiger partial charge < -0.3 is 24.3 Å². The van der Waals surface area contributed by atoms with Gasteiger partial charge >= 0.3 is 11.9 Å². The summed E-state index contributed by atoms with van der Waals surface area (Å²) < 4.78 is 20.5. The Morgan fingerprint density at radius 1 is 1.09 bits per heavy atom. The molecule has 124 valence electrons. The van der Waals surface area contributed by atoms with Gasteiger partial charge in [0.05, 0.1) is 0 Å². The minimum Gasteiger partial charge on any atom is -0.419 e. The van der Waals surface area contributed by atoms with Crippen LogP contribution in [0.4, 0.5) is 5.69 Å². The maximum Gasteiger partial charge on any atom is 0.350 e. The fourth-order valence-corrected chi connectivity index (χ4v) is 2.11. The predicted octanol–water partition coefficient (Wildman–Crippen LogP) is 2.11. The van der Waals surface area contributed by atoms with Crippen molar-refractivity contribution in [3.8, 4) is 0 Å². The monoisotopic (exact) mass is 321 g/mol. The Kier molecular flexibility index (Phi) is 5.02. The van der Waals surface area contributed by atoms with Crippen molar-refractivity contribution in [2.45, 2.75) is 25.9 Å². The molecular weight excluding hydrogens is 302 g/mol. The normalized spacial score (nSPS) is 16.8. The number of para-hydroxylation sites is 1. The quantitative estimate of drug-likeness (QED) is 0.385. The van der Waals surface area contributed by atoms with Crippen molar-refractivity contribution in [1.82, 2.24) is 0 Å². The Morgan fingerprint density at radius 2 is 1.65 bits per heavy atom. The van der Waals surface area contributed by atoms with Crippen LogP contribution in [0.3, 0.4) is 0 Å². The number of methoxy groups -OCH3 is 2. The molecule has 0 aliphatic carbocycles. The van der Waals surface area contributed by atoms with Crippen LogP contribution in [-0.4, -0.2) is 31.9 Å². The standard InChI is InChI=1S/C16H19NO6/c1-16(2)22-13(18)11(14(19)23-16)9-17-12-8-6-5-7-10(12)15(20-3)21-4/h5-9,15,17H,1-4H3. The third kappa shape index (κ3) is 3.88. The summed E-state index contributed by atoms with van der Waals surface area (Å²) in [5, 5.41) is 2.90. The molecule has 1 aliphatic heterocycles. The summed E-state index contributed by atoms with van der Waals surface area (Å²) in [4.78, 5) is 23.8. The number of hydrogen-bond acceptors (Lipinski definition) is 7. The van der Waals surface area contributed by atoms with E-state index in [-0.39, 0.29) is 5.57 Å². The minimum atomic E-state index is -1.26. The summed E-state index contributed by atoms with van der Waals surface area (Å²) >= 11 is 0. The zero-order valence-electron chi connectivity index (χ0n) is 13.4. The van der Waals surface area contributed by atoms with E-state index >= 15 is 0 Å². The van der Waals surface area contributed by atoms with Crippen LogP contribution in [0.5, 0.6) is 0 Å². The van der Waals surface area contributed by atoms with Crippen LogP contribution in [-0.2, 0) is 28.5 Å². The van der Waals surface area contributed by atoms with Gasteiger partial charge in [-0.05, 0) is 6.07 Å². The van der Waals surface area contributed by atoms with Crippen molar-refractivity contribution in [2.75, 3.05) is 19.5 Å². The van der Waals surface area contributed by atoms with E-state index in [4.69, 9.17) is 18.9 Å². The summed E-state index contributed by atoms with van der Waals surface area (Å²) in [5.74, 6) is -2.75. The first-order chi connectivity index (χ1) is 10.9. The van der Waals surface area contributed by atoms with E-state index in [0.29, 0.717) is 11.3 Å². The average Bonchev–Trinajstić information content (AvgIpc) is 2.47. The number of rotatable bonds is 5. The molecule has 2 rings (SSSR count). The lowest BCUT2D eigenvalue weighted by Gasteiger charge is -2.29. The first-order valence-electron chi connectivity index (χ1n) is 6.96. The molecule has 1 saturated heterocycles. The van der Waals surface area contributed by atoms with Crippen LogP contribution >= 0.6 is 0 Å². The highest BCUT2D eigenvalue weighted by molar-refractivity contribution is 6.15. The van der Waals surface area contributed by atoms with E-state index in [2.05, 4.69) is 5.32 Å². The van der Waals surface area contributed by atoms with Crippen LogP contribution in [0, 0.1) is 0 Å². The minimum absolute atomic E-state index is 0.217. The molecule has 7 nitrogen and oxygen atoms in total. The van der Waals surface area contributed by atoms with Gasteiger partial charge in [-0.1, -0.05) is 18.2 Å². The number of cyclic esters (lactones) is 2. The van der Waals surface area contributed by atoms with Crippen molar-refractivity contribution >= 4 is 17.6 Å². The highest BCUT2D eigenvalue weighted by Crippen LogP contribution is 2.27. The Hall–Kier alpha value is -2.38. The molecule has 0 unspecified atom stereocenters. The summed E-state index contributed by atoms with van der Waals surface area (Å²) in [6.07, 6.45) is 0.669. The van der Waals surface area contributed by atoms with Gasteiger partial charge in [0.1, 0.15) is 0 Å². The van der Waals surface area contributed by atoms with Gasteiger partial charge in [0, 0.05) is 45.5 Å². The fraction of sp³-hybridized carbons (Fsp3) is 0.375. The number of hydrogen-bond donors (Lipinski definition) is 1. The van der Waals surface area contributed by atoms with E-state index in [0.717, 1.165) is 0 Å². The third-order valence-corrected chi connectivity index (χ3v) is 3.13.